The lowest BCUT2D eigenvalue weighted by atomic mass is 9.88. The lowest BCUT2D eigenvalue weighted by Crippen LogP contribution is -1.93. The van der Waals surface area contributed by atoms with Crippen LogP contribution in [-0.4, -0.2) is 0 Å². The summed E-state index contributed by atoms with van der Waals surface area (Å²) in [7, 11) is 0. The molecule has 3 aromatic carbocycles. The van der Waals surface area contributed by atoms with Gasteiger partial charge in [-0.1, -0.05) is 61.2 Å². The van der Waals surface area contributed by atoms with E-state index in [2.05, 4.69) is 75.0 Å². The van der Waals surface area contributed by atoms with E-state index in [0.717, 1.165) is 0 Å². The van der Waals surface area contributed by atoms with Crippen molar-refractivity contribution in [1.82, 2.24) is 0 Å². The van der Waals surface area contributed by atoms with Gasteiger partial charge in [0, 0.05) is 0 Å². The summed E-state index contributed by atoms with van der Waals surface area (Å²) in [5, 5.41) is 2.64. The fourth-order valence-electron chi connectivity index (χ4n) is 3.52. The maximum absolute atomic E-state index is 4.04. The Morgan fingerprint density at radius 2 is 1.64 bits per heavy atom. The van der Waals surface area contributed by atoms with Crippen LogP contribution in [0.3, 0.4) is 0 Å². The molecule has 0 saturated carbocycles. The minimum absolute atomic E-state index is 1.20. The van der Waals surface area contributed by atoms with Crippen LogP contribution in [0.4, 0.5) is 0 Å². The smallest absolute Gasteiger partial charge is 0.00323 e. The van der Waals surface area contributed by atoms with Crippen molar-refractivity contribution in [1.29, 1.82) is 0 Å². The summed E-state index contributed by atoms with van der Waals surface area (Å²) >= 11 is 0. The zero-order valence-electron chi connectivity index (χ0n) is 13.0. The second-order valence-corrected chi connectivity index (χ2v) is 5.98. The van der Waals surface area contributed by atoms with Crippen LogP contribution in [0, 0.1) is 13.8 Å². The highest BCUT2D eigenvalue weighted by Gasteiger charge is 2.18. The Kier molecular flexibility index (Phi) is 2.80. The molecule has 22 heavy (non-hydrogen) atoms. The third-order valence-electron chi connectivity index (χ3n) is 4.78. The van der Waals surface area contributed by atoms with Gasteiger partial charge in [0.1, 0.15) is 0 Å². The summed E-state index contributed by atoms with van der Waals surface area (Å²) in [5.74, 6) is 0. The molecular formula is C22H18. The largest absolute Gasteiger partial charge is 0.0984 e. The highest BCUT2D eigenvalue weighted by molar-refractivity contribution is 6.11. The van der Waals surface area contributed by atoms with Crippen LogP contribution in [0.2, 0.25) is 0 Å². The van der Waals surface area contributed by atoms with Gasteiger partial charge in [0.2, 0.25) is 0 Å². The van der Waals surface area contributed by atoms with Gasteiger partial charge in [0.15, 0.2) is 0 Å². The Morgan fingerprint density at radius 1 is 0.864 bits per heavy atom. The third kappa shape index (κ3) is 1.70. The molecule has 3 aromatic rings. The molecule has 0 nitrogen and oxygen atoms in total. The van der Waals surface area contributed by atoms with Crippen LogP contribution in [-0.2, 0) is 0 Å². The van der Waals surface area contributed by atoms with E-state index in [-0.39, 0.29) is 0 Å². The Balaban J connectivity index is 2.28. The average Bonchev–Trinajstić information content (AvgIpc) is 2.68. The molecule has 0 N–H and O–H groups in total. The molecule has 0 heterocycles. The minimum atomic E-state index is 1.20. The molecule has 0 heteroatoms. The first-order valence-corrected chi connectivity index (χ1v) is 7.67. The van der Waals surface area contributed by atoms with Crippen molar-refractivity contribution in [2.75, 3.05) is 0 Å². The van der Waals surface area contributed by atoms with E-state index in [4.69, 9.17) is 0 Å². The van der Waals surface area contributed by atoms with Crippen molar-refractivity contribution < 1.29 is 0 Å². The number of allylic oxidation sites excluding steroid dienone is 2. The predicted molar refractivity (Wildman–Crippen MR) is 96.9 cm³/mol. The maximum Gasteiger partial charge on any atom is -0.00323 e. The first-order chi connectivity index (χ1) is 10.7. The van der Waals surface area contributed by atoms with Crippen LogP contribution < -0.4 is 0 Å². The molecule has 1 aliphatic carbocycles. The molecule has 0 radical (unpaired) electrons. The summed E-state index contributed by atoms with van der Waals surface area (Å²) < 4.78 is 0. The van der Waals surface area contributed by atoms with Crippen molar-refractivity contribution in [3.05, 3.63) is 83.4 Å². The fraction of sp³-hybridized carbons (Fsp3) is 0.0909. The summed E-state index contributed by atoms with van der Waals surface area (Å²) in [4.78, 5) is 0. The molecule has 0 amide bonds. The van der Waals surface area contributed by atoms with Crippen LogP contribution >= 0.6 is 0 Å². The molecule has 106 valence electrons. The van der Waals surface area contributed by atoms with E-state index in [9.17, 15) is 0 Å². The highest BCUT2D eigenvalue weighted by Crippen LogP contribution is 2.42. The molecule has 0 atom stereocenters. The van der Waals surface area contributed by atoms with Gasteiger partial charge < -0.3 is 0 Å². The first-order valence-electron chi connectivity index (χ1n) is 7.67. The van der Waals surface area contributed by atoms with E-state index in [1.54, 1.807) is 0 Å². The van der Waals surface area contributed by atoms with E-state index in [1.807, 2.05) is 6.08 Å². The minimum Gasteiger partial charge on any atom is -0.0984 e. The van der Waals surface area contributed by atoms with Crippen molar-refractivity contribution in [2.45, 2.75) is 13.8 Å². The average molecular weight is 282 g/mol. The van der Waals surface area contributed by atoms with Gasteiger partial charge in [-0.3, -0.25) is 0 Å². The van der Waals surface area contributed by atoms with Gasteiger partial charge in [-0.25, -0.2) is 0 Å². The van der Waals surface area contributed by atoms with Crippen LogP contribution in [0.5, 0.6) is 0 Å². The van der Waals surface area contributed by atoms with Gasteiger partial charge in [-0.2, -0.15) is 0 Å². The van der Waals surface area contributed by atoms with E-state index in [1.165, 1.54) is 49.7 Å². The number of aryl methyl sites for hydroxylation is 1. The lowest BCUT2D eigenvalue weighted by molar-refractivity contribution is 1.33. The molecule has 1 aliphatic rings. The Labute approximate surface area is 131 Å². The zero-order chi connectivity index (χ0) is 15.3. The van der Waals surface area contributed by atoms with Crippen LogP contribution in [0.1, 0.15) is 22.3 Å². The summed E-state index contributed by atoms with van der Waals surface area (Å²) in [6.45, 7) is 8.44. The Bertz CT molecular complexity index is 950. The topological polar surface area (TPSA) is 0 Å². The number of rotatable bonds is 1. The number of hydrogen-bond donors (Lipinski definition) is 0. The molecule has 0 spiro atoms. The number of hydrogen-bond acceptors (Lipinski definition) is 0. The zero-order valence-corrected chi connectivity index (χ0v) is 13.0. The highest BCUT2D eigenvalue weighted by atomic mass is 14.2. The Morgan fingerprint density at radius 3 is 2.41 bits per heavy atom. The Hall–Kier alpha value is -2.60. The monoisotopic (exact) mass is 282 g/mol. The SMILES string of the molecule is C=CC1=Cc2cccc3cccc(c23)-c2c1ccc(C)c2C. The van der Waals surface area contributed by atoms with Crippen LogP contribution in [0.25, 0.3) is 33.5 Å². The molecule has 0 aromatic heterocycles. The molecule has 0 aliphatic heterocycles. The van der Waals surface area contributed by atoms with Gasteiger partial charge in [0.05, 0.1) is 0 Å². The molecule has 0 unspecified atom stereocenters. The van der Waals surface area contributed by atoms with Gasteiger partial charge in [-0.05, 0) is 69.6 Å². The standard InChI is InChI=1S/C22H18/c1-4-16-13-18-9-5-7-17-8-6-10-20(22(17)18)21-15(3)14(2)11-12-19(16)21/h4-13H,1H2,2-3H3. The van der Waals surface area contributed by atoms with Gasteiger partial charge in [-0.15, -0.1) is 0 Å². The molecule has 0 fully saturated rings. The van der Waals surface area contributed by atoms with Gasteiger partial charge >= 0.3 is 0 Å². The second kappa shape index (κ2) is 4.71. The van der Waals surface area contributed by atoms with Crippen molar-refractivity contribution in [3.8, 4) is 11.1 Å². The van der Waals surface area contributed by atoms with E-state index in [0.29, 0.717) is 0 Å². The maximum atomic E-state index is 4.04. The molecule has 4 rings (SSSR count). The van der Waals surface area contributed by atoms with Crippen LogP contribution in [0.15, 0.2) is 61.2 Å². The van der Waals surface area contributed by atoms with Crippen molar-refractivity contribution in [2.24, 2.45) is 0 Å². The van der Waals surface area contributed by atoms with Crippen molar-refractivity contribution >= 4 is 22.4 Å². The summed E-state index contributed by atoms with van der Waals surface area (Å²) in [6, 6.07) is 17.6. The summed E-state index contributed by atoms with van der Waals surface area (Å²) in [6.07, 6.45) is 4.23. The fourth-order valence-corrected chi connectivity index (χ4v) is 3.52. The number of benzene rings is 3. The second-order valence-electron chi connectivity index (χ2n) is 5.98. The van der Waals surface area contributed by atoms with Crippen molar-refractivity contribution in [3.63, 3.8) is 0 Å². The lowest BCUT2D eigenvalue weighted by Gasteiger charge is -2.16. The summed E-state index contributed by atoms with van der Waals surface area (Å²) in [5.41, 5.74) is 9.12. The third-order valence-corrected chi connectivity index (χ3v) is 4.78. The molecular weight excluding hydrogens is 264 g/mol. The molecule has 0 bridgehead atoms. The quantitative estimate of drug-likeness (QED) is 0.501. The number of fused-ring (bicyclic) bond motifs is 2. The molecule has 0 saturated heterocycles. The predicted octanol–water partition coefficient (Wildman–Crippen LogP) is 6.16. The first kappa shape index (κ1) is 13.1. The van der Waals surface area contributed by atoms with E-state index >= 15 is 0 Å². The normalized spacial score (nSPS) is 12.5. The van der Waals surface area contributed by atoms with Gasteiger partial charge in [0.25, 0.3) is 0 Å². The van der Waals surface area contributed by atoms with E-state index < -0.39 is 0 Å².